The Morgan fingerprint density at radius 1 is 1.20 bits per heavy atom. The minimum atomic E-state index is -3.77. The van der Waals surface area contributed by atoms with Gasteiger partial charge in [-0.3, -0.25) is 4.72 Å². The Morgan fingerprint density at radius 2 is 1.95 bits per heavy atom. The van der Waals surface area contributed by atoms with Crippen molar-refractivity contribution in [3.63, 3.8) is 0 Å². The van der Waals surface area contributed by atoms with Crippen LogP contribution >= 0.6 is 22.6 Å². The van der Waals surface area contributed by atoms with E-state index in [9.17, 15) is 8.42 Å². The first-order valence-corrected chi connectivity index (χ1v) is 8.06. The fraction of sp³-hybridized carbons (Fsp3) is 0. The third-order valence-corrected chi connectivity index (χ3v) is 4.63. The molecule has 7 heteroatoms. The van der Waals surface area contributed by atoms with Crippen molar-refractivity contribution in [1.82, 2.24) is 0 Å². The first-order valence-electron chi connectivity index (χ1n) is 5.50. The molecular formula is C13H10IN3O2S. The minimum Gasteiger partial charge on any atom is -0.398 e. The summed E-state index contributed by atoms with van der Waals surface area (Å²) in [6.45, 7) is 0. The predicted octanol–water partition coefficient (Wildman–Crippen LogP) is 2.55. The third-order valence-electron chi connectivity index (χ3n) is 2.51. The lowest BCUT2D eigenvalue weighted by atomic mass is 10.2. The molecule has 102 valence electrons. The average Bonchev–Trinajstić information content (AvgIpc) is 2.37. The second-order valence-electron chi connectivity index (χ2n) is 3.98. The van der Waals surface area contributed by atoms with E-state index in [1.807, 2.05) is 12.1 Å². The number of hydrogen-bond donors (Lipinski definition) is 2. The van der Waals surface area contributed by atoms with Crippen molar-refractivity contribution in [3.05, 3.63) is 51.6 Å². The van der Waals surface area contributed by atoms with E-state index in [2.05, 4.69) is 27.3 Å². The van der Waals surface area contributed by atoms with Crippen molar-refractivity contribution in [2.45, 2.75) is 4.90 Å². The van der Waals surface area contributed by atoms with Gasteiger partial charge in [0, 0.05) is 9.26 Å². The summed E-state index contributed by atoms with van der Waals surface area (Å²) in [7, 11) is -3.77. The van der Waals surface area contributed by atoms with Crippen LogP contribution in [0, 0.1) is 14.9 Å². The van der Waals surface area contributed by atoms with Gasteiger partial charge in [-0.1, -0.05) is 6.07 Å². The Bertz CT molecular complexity index is 798. The molecule has 0 aliphatic heterocycles. The number of rotatable bonds is 3. The van der Waals surface area contributed by atoms with Crippen LogP contribution in [0.4, 0.5) is 11.4 Å². The molecular weight excluding hydrogens is 389 g/mol. The molecule has 0 radical (unpaired) electrons. The highest BCUT2D eigenvalue weighted by molar-refractivity contribution is 14.1. The van der Waals surface area contributed by atoms with Gasteiger partial charge in [0.15, 0.2) is 0 Å². The van der Waals surface area contributed by atoms with Gasteiger partial charge in [-0.05, 0) is 59.0 Å². The first kappa shape index (κ1) is 14.6. The number of sulfonamides is 1. The summed E-state index contributed by atoms with van der Waals surface area (Å²) < 4.78 is 27.9. The smallest absolute Gasteiger partial charge is 0.263 e. The molecule has 5 nitrogen and oxygen atoms in total. The summed E-state index contributed by atoms with van der Waals surface area (Å²) in [6, 6.07) is 12.9. The molecule has 0 spiro atoms. The summed E-state index contributed by atoms with van der Waals surface area (Å²) in [6.07, 6.45) is 0. The van der Waals surface area contributed by atoms with Gasteiger partial charge in [0.1, 0.15) is 4.90 Å². The Balaban J connectivity index is 2.39. The van der Waals surface area contributed by atoms with Crippen LogP contribution in [0.15, 0.2) is 47.4 Å². The molecule has 3 N–H and O–H groups in total. The van der Waals surface area contributed by atoms with Gasteiger partial charge in [0.2, 0.25) is 0 Å². The van der Waals surface area contributed by atoms with Crippen LogP contribution in [0.5, 0.6) is 0 Å². The van der Waals surface area contributed by atoms with Gasteiger partial charge in [-0.25, -0.2) is 8.42 Å². The number of nitrogens with two attached hydrogens (primary N) is 1. The van der Waals surface area contributed by atoms with Crippen LogP contribution < -0.4 is 10.5 Å². The number of nitriles is 1. The number of nitrogens with one attached hydrogen (secondary N) is 1. The molecule has 0 aliphatic rings. The zero-order chi connectivity index (χ0) is 14.8. The van der Waals surface area contributed by atoms with E-state index in [-0.39, 0.29) is 10.6 Å². The second-order valence-corrected chi connectivity index (χ2v) is 6.88. The van der Waals surface area contributed by atoms with Crippen LogP contribution in [-0.4, -0.2) is 8.42 Å². The van der Waals surface area contributed by atoms with Gasteiger partial charge in [-0.15, -0.1) is 0 Å². The monoisotopic (exact) mass is 399 g/mol. The van der Waals surface area contributed by atoms with Crippen LogP contribution in [0.3, 0.4) is 0 Å². The van der Waals surface area contributed by atoms with Crippen molar-refractivity contribution < 1.29 is 8.42 Å². The van der Waals surface area contributed by atoms with Crippen molar-refractivity contribution in [2.75, 3.05) is 10.5 Å². The van der Waals surface area contributed by atoms with E-state index in [4.69, 9.17) is 11.0 Å². The largest absolute Gasteiger partial charge is 0.398 e. The Kier molecular flexibility index (Phi) is 4.15. The molecule has 2 rings (SSSR count). The molecule has 0 fully saturated rings. The molecule has 2 aromatic carbocycles. The van der Waals surface area contributed by atoms with E-state index >= 15 is 0 Å². The third kappa shape index (κ3) is 3.20. The normalized spacial score (nSPS) is 10.8. The fourth-order valence-electron chi connectivity index (χ4n) is 1.62. The van der Waals surface area contributed by atoms with E-state index in [1.165, 1.54) is 18.2 Å². The number of halogens is 1. The summed E-state index contributed by atoms with van der Waals surface area (Å²) >= 11 is 2.09. The molecule has 0 saturated heterocycles. The zero-order valence-electron chi connectivity index (χ0n) is 10.2. The van der Waals surface area contributed by atoms with Crippen LogP contribution in [-0.2, 0) is 10.0 Å². The number of benzene rings is 2. The van der Waals surface area contributed by atoms with E-state index in [1.54, 1.807) is 18.2 Å². The first-order chi connectivity index (χ1) is 9.42. The van der Waals surface area contributed by atoms with Crippen molar-refractivity contribution >= 4 is 44.0 Å². The van der Waals surface area contributed by atoms with Gasteiger partial charge in [0.25, 0.3) is 10.0 Å². The highest BCUT2D eigenvalue weighted by Crippen LogP contribution is 2.23. The van der Waals surface area contributed by atoms with Crippen molar-refractivity contribution in [3.8, 4) is 6.07 Å². The number of nitrogen functional groups attached to an aromatic ring is 1. The molecule has 0 heterocycles. The zero-order valence-corrected chi connectivity index (χ0v) is 13.1. The number of anilines is 2. The Hall–Kier alpha value is -1.79. The maximum absolute atomic E-state index is 12.3. The SMILES string of the molecule is N#Cc1ccc(S(=O)(=O)Nc2cccc(I)c2)c(N)c1. The molecule has 20 heavy (non-hydrogen) atoms. The molecule has 2 aromatic rings. The highest BCUT2D eigenvalue weighted by Gasteiger charge is 2.17. The Labute approximate surface area is 130 Å². The second kappa shape index (κ2) is 5.68. The summed E-state index contributed by atoms with van der Waals surface area (Å²) in [4.78, 5) is -0.0460. The maximum atomic E-state index is 12.3. The highest BCUT2D eigenvalue weighted by atomic mass is 127. The topological polar surface area (TPSA) is 96.0 Å². The van der Waals surface area contributed by atoms with E-state index in [0.29, 0.717) is 11.3 Å². The molecule has 0 saturated carbocycles. The minimum absolute atomic E-state index is 0.0437. The molecule has 0 aliphatic carbocycles. The number of hydrogen-bond acceptors (Lipinski definition) is 4. The molecule has 0 unspecified atom stereocenters. The van der Waals surface area contributed by atoms with Crippen molar-refractivity contribution in [2.24, 2.45) is 0 Å². The summed E-state index contributed by atoms with van der Waals surface area (Å²) in [5.74, 6) is 0. The van der Waals surface area contributed by atoms with Gasteiger partial charge < -0.3 is 5.73 Å². The van der Waals surface area contributed by atoms with Crippen LogP contribution in [0.1, 0.15) is 5.56 Å². The lowest BCUT2D eigenvalue weighted by Gasteiger charge is -2.10. The molecule has 0 aromatic heterocycles. The van der Waals surface area contributed by atoms with Crippen molar-refractivity contribution in [1.29, 1.82) is 5.26 Å². The molecule has 0 bridgehead atoms. The molecule has 0 atom stereocenters. The van der Waals surface area contributed by atoms with Gasteiger partial charge in [-0.2, -0.15) is 5.26 Å². The lowest BCUT2D eigenvalue weighted by molar-refractivity contribution is 0.601. The van der Waals surface area contributed by atoms with E-state index in [0.717, 1.165) is 3.57 Å². The predicted molar refractivity (Wildman–Crippen MR) is 85.5 cm³/mol. The Morgan fingerprint density at radius 3 is 2.55 bits per heavy atom. The average molecular weight is 399 g/mol. The fourth-order valence-corrected chi connectivity index (χ4v) is 3.33. The van der Waals surface area contributed by atoms with E-state index < -0.39 is 10.0 Å². The van der Waals surface area contributed by atoms with Crippen LogP contribution in [0.2, 0.25) is 0 Å². The van der Waals surface area contributed by atoms with Crippen LogP contribution in [0.25, 0.3) is 0 Å². The lowest BCUT2D eigenvalue weighted by Crippen LogP contribution is -2.15. The quantitative estimate of drug-likeness (QED) is 0.613. The van der Waals surface area contributed by atoms with Gasteiger partial charge >= 0.3 is 0 Å². The summed E-state index contributed by atoms with van der Waals surface area (Å²) in [5, 5.41) is 8.75. The molecule has 0 amide bonds. The van der Waals surface area contributed by atoms with Gasteiger partial charge in [0.05, 0.1) is 17.3 Å². The standard InChI is InChI=1S/C13H10IN3O2S/c14-10-2-1-3-11(7-10)17-20(18,19)13-5-4-9(8-15)6-12(13)16/h1-7,17H,16H2. The summed E-state index contributed by atoms with van der Waals surface area (Å²) in [5.41, 5.74) is 6.51. The number of nitrogens with zero attached hydrogens (tertiary/aromatic N) is 1. The maximum Gasteiger partial charge on any atom is 0.263 e.